The summed E-state index contributed by atoms with van der Waals surface area (Å²) in [5, 5.41) is 4.29. The summed E-state index contributed by atoms with van der Waals surface area (Å²) in [7, 11) is 1.52. The summed E-state index contributed by atoms with van der Waals surface area (Å²) in [6, 6.07) is 9.84. The van der Waals surface area contributed by atoms with Gasteiger partial charge in [0.1, 0.15) is 0 Å². The van der Waals surface area contributed by atoms with E-state index in [1.54, 1.807) is 12.3 Å². The third kappa shape index (κ3) is 5.28. The van der Waals surface area contributed by atoms with Gasteiger partial charge in [-0.3, -0.25) is 4.79 Å². The SMILES string of the molecule is COc1nccc(-c2cccc(N(CC34CCC(c5nc(C6CC6)no5)(CC3)CC4)C(=O)CC3CCC(F)(F)C3)c2)n1. The van der Waals surface area contributed by atoms with E-state index in [4.69, 9.17) is 14.2 Å². The minimum atomic E-state index is -2.68. The zero-order chi connectivity index (χ0) is 29.0. The van der Waals surface area contributed by atoms with Gasteiger partial charge in [-0.15, -0.1) is 0 Å². The Balaban J connectivity index is 1.14. The van der Waals surface area contributed by atoms with Crippen LogP contribution in [0.1, 0.15) is 94.7 Å². The summed E-state index contributed by atoms with van der Waals surface area (Å²) in [5.74, 6) is -0.949. The number of nitrogens with zero attached hydrogens (tertiary/aromatic N) is 5. The highest BCUT2D eigenvalue weighted by atomic mass is 19.3. The van der Waals surface area contributed by atoms with E-state index in [2.05, 4.69) is 15.1 Å². The summed E-state index contributed by atoms with van der Waals surface area (Å²) >= 11 is 0. The number of halogens is 2. The highest BCUT2D eigenvalue weighted by molar-refractivity contribution is 5.94. The zero-order valence-electron chi connectivity index (χ0n) is 24.0. The number of alkyl halides is 2. The Morgan fingerprint density at radius 2 is 1.83 bits per heavy atom. The number of carbonyl (C=O) groups excluding carboxylic acids is 1. The molecule has 0 radical (unpaired) electrons. The van der Waals surface area contributed by atoms with Crippen molar-refractivity contribution in [2.24, 2.45) is 11.3 Å². The molecule has 2 heterocycles. The fraction of sp³-hybridized carbons (Fsp3) is 0.594. The Bertz CT molecular complexity index is 1450. The van der Waals surface area contributed by atoms with Gasteiger partial charge in [-0.1, -0.05) is 17.3 Å². The van der Waals surface area contributed by atoms with Crippen molar-refractivity contribution in [3.63, 3.8) is 0 Å². The number of methoxy groups -OCH3 is 1. The van der Waals surface area contributed by atoms with Gasteiger partial charge in [0.15, 0.2) is 5.82 Å². The minimum Gasteiger partial charge on any atom is -0.467 e. The molecule has 5 fully saturated rings. The molecule has 42 heavy (non-hydrogen) atoms. The molecule has 0 aliphatic heterocycles. The number of amides is 1. The van der Waals surface area contributed by atoms with Crippen LogP contribution in [0.15, 0.2) is 41.1 Å². The van der Waals surface area contributed by atoms with Crippen molar-refractivity contribution in [2.75, 3.05) is 18.6 Å². The molecule has 0 N–H and O–H groups in total. The van der Waals surface area contributed by atoms with Crippen LogP contribution in [0.25, 0.3) is 11.3 Å². The number of aromatic nitrogens is 4. The molecule has 0 saturated heterocycles. The summed E-state index contributed by atoms with van der Waals surface area (Å²) < 4.78 is 39.1. The Morgan fingerprint density at radius 3 is 2.52 bits per heavy atom. The van der Waals surface area contributed by atoms with E-state index in [-0.39, 0.29) is 47.9 Å². The zero-order valence-corrected chi connectivity index (χ0v) is 24.0. The van der Waals surface area contributed by atoms with Crippen molar-refractivity contribution >= 4 is 11.6 Å². The van der Waals surface area contributed by atoms with Crippen LogP contribution in [0, 0.1) is 11.3 Å². The summed E-state index contributed by atoms with van der Waals surface area (Å²) in [4.78, 5) is 29.2. The fourth-order valence-electron chi connectivity index (χ4n) is 7.44. The van der Waals surface area contributed by atoms with Gasteiger partial charge in [0.25, 0.3) is 0 Å². The molecule has 1 unspecified atom stereocenters. The second-order valence-electron chi connectivity index (χ2n) is 13.1. The van der Waals surface area contributed by atoms with Gasteiger partial charge in [0, 0.05) is 54.6 Å². The number of benzene rings is 1. The molecule has 2 aromatic heterocycles. The lowest BCUT2D eigenvalue weighted by Gasteiger charge is -2.53. The molecule has 2 bridgehead atoms. The van der Waals surface area contributed by atoms with Crippen LogP contribution in [0.5, 0.6) is 6.01 Å². The van der Waals surface area contributed by atoms with E-state index in [9.17, 15) is 13.6 Å². The molecule has 222 valence electrons. The van der Waals surface area contributed by atoms with Crippen LogP contribution in [-0.2, 0) is 10.2 Å². The van der Waals surface area contributed by atoms with Crippen molar-refractivity contribution in [2.45, 2.75) is 94.3 Å². The number of fused-ring (bicyclic) bond motifs is 3. The third-order valence-electron chi connectivity index (χ3n) is 10.3. The Hall–Kier alpha value is -3.43. The topological polar surface area (TPSA) is 94.2 Å². The van der Waals surface area contributed by atoms with Crippen molar-refractivity contribution in [1.29, 1.82) is 0 Å². The lowest BCUT2D eigenvalue weighted by atomic mass is 9.53. The van der Waals surface area contributed by atoms with Crippen molar-refractivity contribution < 1.29 is 22.8 Å². The van der Waals surface area contributed by atoms with Crippen LogP contribution >= 0.6 is 0 Å². The molecular formula is C32H37F2N5O3. The van der Waals surface area contributed by atoms with E-state index < -0.39 is 5.92 Å². The first kappa shape index (κ1) is 27.4. The number of hydrogen-bond donors (Lipinski definition) is 0. The first-order chi connectivity index (χ1) is 20.3. The van der Waals surface area contributed by atoms with Gasteiger partial charge in [0.05, 0.1) is 12.8 Å². The van der Waals surface area contributed by atoms with Gasteiger partial charge >= 0.3 is 6.01 Å². The number of hydrogen-bond acceptors (Lipinski definition) is 7. The normalized spacial score (nSPS) is 28.1. The maximum Gasteiger partial charge on any atom is 0.316 e. The van der Waals surface area contributed by atoms with E-state index >= 15 is 0 Å². The van der Waals surface area contributed by atoms with Crippen molar-refractivity contribution in [3.05, 3.63) is 48.2 Å². The largest absolute Gasteiger partial charge is 0.467 e. The predicted octanol–water partition coefficient (Wildman–Crippen LogP) is 6.86. The van der Waals surface area contributed by atoms with Crippen molar-refractivity contribution in [1.82, 2.24) is 20.1 Å². The van der Waals surface area contributed by atoms with E-state index in [0.29, 0.717) is 24.6 Å². The molecular weight excluding hydrogens is 540 g/mol. The average Bonchev–Trinajstić information content (AvgIpc) is 3.64. The van der Waals surface area contributed by atoms with Gasteiger partial charge in [-0.25, -0.2) is 13.8 Å². The highest BCUT2D eigenvalue weighted by Crippen LogP contribution is 2.58. The van der Waals surface area contributed by atoms with Gasteiger partial charge in [-0.2, -0.15) is 9.97 Å². The quantitative estimate of drug-likeness (QED) is 0.274. The molecule has 5 aliphatic rings. The van der Waals surface area contributed by atoms with Gasteiger partial charge in [0.2, 0.25) is 17.7 Å². The fourth-order valence-corrected chi connectivity index (χ4v) is 7.44. The van der Waals surface area contributed by atoms with E-state index in [1.807, 2.05) is 29.2 Å². The number of carbonyl (C=O) groups is 1. The van der Waals surface area contributed by atoms with Gasteiger partial charge < -0.3 is 14.2 Å². The van der Waals surface area contributed by atoms with Crippen molar-refractivity contribution in [3.8, 4) is 17.3 Å². The first-order valence-corrected chi connectivity index (χ1v) is 15.3. The minimum absolute atomic E-state index is 0.0372. The molecule has 3 aromatic rings. The number of anilines is 1. The van der Waals surface area contributed by atoms with E-state index in [0.717, 1.165) is 74.3 Å². The standard InChI is InChI=1S/C32H37F2N5O3/c1-41-29-35-16-8-25(36-29)23-3-2-4-24(18-23)39(26(40)17-21-7-9-32(33,34)19-21)20-30-10-13-31(14-11-30,15-12-30)28-37-27(38-42-28)22-5-6-22/h2-4,8,16,18,21-22H,5-7,9-15,17,19-20H2,1H3. The molecule has 5 saturated carbocycles. The molecule has 5 aliphatic carbocycles. The van der Waals surface area contributed by atoms with Crippen LogP contribution in [0.4, 0.5) is 14.5 Å². The molecule has 1 aromatic carbocycles. The van der Waals surface area contributed by atoms with Crippen LogP contribution in [0.3, 0.4) is 0 Å². The maximum absolute atomic E-state index is 14.0. The molecule has 0 spiro atoms. The van der Waals surface area contributed by atoms with Gasteiger partial charge in [-0.05, 0) is 87.3 Å². The lowest BCUT2D eigenvalue weighted by Crippen LogP contribution is -2.51. The Labute approximate surface area is 244 Å². The summed E-state index contributed by atoms with van der Waals surface area (Å²) in [5.41, 5.74) is 2.19. The second kappa shape index (κ2) is 10.4. The molecule has 1 atom stereocenters. The van der Waals surface area contributed by atoms with E-state index in [1.165, 1.54) is 7.11 Å². The smallest absolute Gasteiger partial charge is 0.316 e. The summed E-state index contributed by atoms with van der Waals surface area (Å²) in [6.07, 6.45) is 9.84. The molecule has 8 rings (SSSR count). The molecule has 1 amide bonds. The van der Waals surface area contributed by atoms with Crippen LogP contribution in [0.2, 0.25) is 0 Å². The third-order valence-corrected chi connectivity index (χ3v) is 10.3. The number of rotatable bonds is 9. The maximum atomic E-state index is 14.0. The van der Waals surface area contributed by atoms with Crippen LogP contribution < -0.4 is 9.64 Å². The molecule has 10 heteroatoms. The number of ether oxygens (including phenoxy) is 1. The Kier molecular flexibility index (Phi) is 6.77. The highest BCUT2D eigenvalue weighted by Gasteiger charge is 2.53. The monoisotopic (exact) mass is 577 g/mol. The summed E-state index contributed by atoms with van der Waals surface area (Å²) in [6.45, 7) is 0.568. The lowest BCUT2D eigenvalue weighted by molar-refractivity contribution is -0.120. The first-order valence-electron chi connectivity index (χ1n) is 15.3. The second-order valence-corrected chi connectivity index (χ2v) is 13.1. The molecule has 8 nitrogen and oxygen atoms in total. The average molecular weight is 578 g/mol. The predicted molar refractivity (Wildman–Crippen MR) is 151 cm³/mol. The van der Waals surface area contributed by atoms with Crippen LogP contribution in [-0.4, -0.2) is 45.6 Å². The Morgan fingerprint density at radius 1 is 1.05 bits per heavy atom.